The first-order chi connectivity index (χ1) is 36.2. The summed E-state index contributed by atoms with van der Waals surface area (Å²) in [5, 5.41) is 19.5. The number of aromatic nitrogens is 10. The quantitative estimate of drug-likeness (QED) is 0.0234. The first kappa shape index (κ1) is 55.7. The number of aromatic amines is 2. The summed E-state index contributed by atoms with van der Waals surface area (Å²) >= 11 is 0. The third-order valence-electron chi connectivity index (χ3n) is 12.9. The van der Waals surface area contributed by atoms with E-state index in [1.165, 1.54) is 42.3 Å². The number of nitrogens with one attached hydrogen (secondary N) is 2. The molecule has 5 aromatic rings. The van der Waals surface area contributed by atoms with Gasteiger partial charge < -0.3 is 65.6 Å². The Morgan fingerprint density at radius 1 is 0.750 bits per heavy atom. The van der Waals surface area contributed by atoms with E-state index in [9.17, 15) is 48.2 Å². The number of rotatable bonds is 24. The average Bonchev–Trinajstić information content (AvgIpc) is 4.24. The summed E-state index contributed by atoms with van der Waals surface area (Å²) in [5.41, 5.74) is 18.3. The van der Waals surface area contributed by atoms with Crippen LogP contribution in [0.2, 0.25) is 0 Å². The van der Waals surface area contributed by atoms with Gasteiger partial charge in [-0.25, -0.2) is 33.6 Å². The molecule has 0 bridgehead atoms. The van der Waals surface area contributed by atoms with Gasteiger partial charge in [0.05, 0.1) is 57.4 Å². The van der Waals surface area contributed by atoms with Crippen molar-refractivity contribution in [1.29, 1.82) is 0 Å². The molecule has 416 valence electrons. The molecule has 1 aliphatic carbocycles. The first-order valence-corrected chi connectivity index (χ1v) is 27.7. The molecule has 0 radical (unpaired) electrons. The van der Waals surface area contributed by atoms with Crippen LogP contribution in [0.5, 0.6) is 0 Å². The molecule has 8 heterocycles. The first-order valence-electron chi connectivity index (χ1n) is 23.2. The Hall–Kier alpha value is -5.03. The SMILES string of the molecule is CO[C@H]1C(OP(=O)(O)OCCCO)[C@@H](COP(=O)(O)OC2CN(CC3=CCc4c(N)ncnc43)C[C@@H]2COP(=O)(O)OC2[C@@H](CO)O[C@@H](n3cnc4c(=O)[nH]c(N)nc43)[C@H]2OC)O[C@H]1Cn1cnc2c(=O)[nH]c(N)nc21. The molecule has 3 saturated heterocycles. The summed E-state index contributed by atoms with van der Waals surface area (Å²) < 4.78 is 100. The van der Waals surface area contributed by atoms with Gasteiger partial charge in [0.25, 0.3) is 11.1 Å². The number of likely N-dealkylation sites (tertiary alicyclic amines) is 1. The van der Waals surface area contributed by atoms with Gasteiger partial charge in [-0.1, -0.05) is 6.08 Å². The van der Waals surface area contributed by atoms with E-state index in [0.717, 1.165) is 5.57 Å². The number of hydrogen-bond donors (Lipinski definition) is 10. The average molecular weight is 1130 g/mol. The van der Waals surface area contributed by atoms with Crippen molar-refractivity contribution in [3.63, 3.8) is 0 Å². The number of nitrogens with two attached hydrogens (primary N) is 3. The molecule has 0 spiro atoms. The highest BCUT2D eigenvalue weighted by atomic mass is 31.2. The van der Waals surface area contributed by atoms with Crippen LogP contribution in [0.15, 0.2) is 34.6 Å². The van der Waals surface area contributed by atoms with Gasteiger partial charge in [-0.3, -0.25) is 56.2 Å². The molecule has 13 atom stereocenters. The van der Waals surface area contributed by atoms with Crippen LogP contribution in [0.4, 0.5) is 17.7 Å². The number of ether oxygens (including phenoxy) is 4. The molecule has 37 heteroatoms. The number of nitrogen functional groups attached to an aromatic ring is 3. The zero-order valence-electron chi connectivity index (χ0n) is 40.3. The molecule has 3 aliphatic heterocycles. The van der Waals surface area contributed by atoms with Crippen LogP contribution in [0.25, 0.3) is 27.9 Å². The molecule has 13 N–H and O–H groups in total. The number of methoxy groups -OCH3 is 2. The molecule has 0 saturated carbocycles. The number of anilines is 3. The number of aliphatic hydroxyl groups is 2. The monoisotopic (exact) mass is 1130 g/mol. The second-order valence-corrected chi connectivity index (χ2v) is 22.0. The van der Waals surface area contributed by atoms with Gasteiger partial charge in [0, 0.05) is 51.9 Å². The van der Waals surface area contributed by atoms with Gasteiger partial charge in [-0.2, -0.15) is 9.97 Å². The number of allylic oxidation sites excluding steroid dienone is 1. The minimum absolute atomic E-state index is 0.0183. The lowest BCUT2D eigenvalue weighted by atomic mass is 10.1. The number of H-pyrrole nitrogens is 2. The van der Waals surface area contributed by atoms with Crippen LogP contribution >= 0.6 is 23.5 Å². The summed E-state index contributed by atoms with van der Waals surface area (Å²) in [5.74, 6) is -1.12. The van der Waals surface area contributed by atoms with E-state index >= 15 is 0 Å². The molecule has 3 fully saturated rings. The van der Waals surface area contributed by atoms with Crippen molar-refractivity contribution in [1.82, 2.24) is 53.9 Å². The Morgan fingerprint density at radius 2 is 1.39 bits per heavy atom. The number of phosphoric acid groups is 3. The lowest BCUT2D eigenvalue weighted by Gasteiger charge is -2.27. The van der Waals surface area contributed by atoms with E-state index < -0.39 is 115 Å². The number of fused-ring (bicyclic) bond motifs is 3. The second-order valence-electron chi connectivity index (χ2n) is 17.8. The number of nitrogens with zero attached hydrogens (tertiary/aromatic N) is 9. The zero-order chi connectivity index (χ0) is 54.3. The summed E-state index contributed by atoms with van der Waals surface area (Å²) in [7, 11) is -12.8. The normalized spacial score (nSPS) is 28.2. The number of hydrogen-bond acceptors (Lipinski definition) is 27. The van der Waals surface area contributed by atoms with Gasteiger partial charge in [-0.05, 0) is 18.4 Å². The van der Waals surface area contributed by atoms with E-state index in [2.05, 4.69) is 39.9 Å². The van der Waals surface area contributed by atoms with Gasteiger partial charge in [-0.15, -0.1) is 0 Å². The van der Waals surface area contributed by atoms with E-state index in [-0.39, 0.29) is 80.0 Å². The third kappa shape index (κ3) is 12.0. The Morgan fingerprint density at radius 3 is 2.09 bits per heavy atom. The fraction of sp³-hybridized carbons (Fsp3) is 0.590. The highest BCUT2D eigenvalue weighted by molar-refractivity contribution is 7.48. The second kappa shape index (κ2) is 22.7. The molecule has 0 amide bonds. The van der Waals surface area contributed by atoms with Gasteiger partial charge >= 0.3 is 23.5 Å². The fourth-order valence-corrected chi connectivity index (χ4v) is 12.5. The molecule has 76 heavy (non-hydrogen) atoms. The molecule has 34 nitrogen and oxygen atoms in total. The summed E-state index contributed by atoms with van der Waals surface area (Å²) in [6.45, 7) is -2.98. The van der Waals surface area contributed by atoms with Crippen LogP contribution < -0.4 is 28.3 Å². The molecule has 9 rings (SSSR count). The summed E-state index contributed by atoms with van der Waals surface area (Å²) in [4.78, 5) is 89.7. The number of aliphatic hydroxyl groups excluding tert-OH is 2. The van der Waals surface area contributed by atoms with Gasteiger partial charge in [0.15, 0.2) is 28.6 Å². The molecular weight excluding hydrogens is 1080 g/mol. The number of imidazole rings is 2. The minimum atomic E-state index is -5.21. The van der Waals surface area contributed by atoms with E-state index in [1.54, 1.807) is 0 Å². The van der Waals surface area contributed by atoms with E-state index in [1.807, 2.05) is 11.0 Å². The van der Waals surface area contributed by atoms with E-state index in [0.29, 0.717) is 23.5 Å². The van der Waals surface area contributed by atoms with Crippen LogP contribution in [0.1, 0.15) is 23.9 Å². The predicted octanol–water partition coefficient (Wildman–Crippen LogP) is -2.06. The van der Waals surface area contributed by atoms with Crippen LogP contribution in [-0.2, 0) is 72.8 Å². The molecule has 6 unspecified atom stereocenters. The van der Waals surface area contributed by atoms with Crippen LogP contribution in [-0.4, -0.2) is 195 Å². The third-order valence-corrected chi connectivity index (χ3v) is 15.9. The Balaban J connectivity index is 0.919. The predicted molar refractivity (Wildman–Crippen MR) is 258 cm³/mol. The minimum Gasteiger partial charge on any atom is -0.396 e. The van der Waals surface area contributed by atoms with Crippen molar-refractivity contribution in [3.8, 4) is 0 Å². The largest absolute Gasteiger partial charge is 0.472 e. The number of phosphoric ester groups is 3. The van der Waals surface area contributed by atoms with Crippen molar-refractivity contribution in [2.45, 2.75) is 74.4 Å². The maximum Gasteiger partial charge on any atom is 0.472 e. The topological polar surface area (TPSA) is 479 Å². The lowest BCUT2D eigenvalue weighted by Crippen LogP contribution is -2.39. The lowest BCUT2D eigenvalue weighted by molar-refractivity contribution is -0.0583. The van der Waals surface area contributed by atoms with Crippen LogP contribution in [0, 0.1) is 5.92 Å². The summed E-state index contributed by atoms with van der Waals surface area (Å²) in [6, 6.07) is 0. The molecule has 4 aliphatic rings. The molecular formula is C39H55N14O20P3. The van der Waals surface area contributed by atoms with Gasteiger partial charge in [0.1, 0.15) is 54.9 Å². The van der Waals surface area contributed by atoms with Crippen LogP contribution in [0.3, 0.4) is 0 Å². The maximum absolute atomic E-state index is 14.1. The van der Waals surface area contributed by atoms with Crippen molar-refractivity contribution in [3.05, 3.63) is 57.0 Å². The van der Waals surface area contributed by atoms with Crippen molar-refractivity contribution >= 4 is 69.1 Å². The smallest absolute Gasteiger partial charge is 0.396 e. The van der Waals surface area contributed by atoms with Gasteiger partial charge in [0.2, 0.25) is 11.9 Å². The standard InChI is InChI=1S/C39H55N14O20P3/c1-64-28-22(11-52-16-45-26-33(52)47-38(41)49-35(26)56)69-24(30(28)73-74(58,59)66-7-3-6-54)14-68-75(60,61)71-21-10-51(8-18-4-5-20-25(18)43-15-44-32(20)40)9-19(21)13-67-76(62,63)72-29-23(12-55)70-37(31(29)65-2)53-17-46-27-34(53)48-39(42)50-36(27)57/h4,15-17,19,21-24,28-31,37,54-55H,3,5-14H2,1-2H3,(H,58,59)(H,60,61)(H,62,63)(H2,40,43,44)(H3,41,47,49,56)(H3,42,48,50,57)/t19-,21?,22+,23-,24-,28-,29?,30?,31+,37-/m1/s1. The highest BCUT2D eigenvalue weighted by Crippen LogP contribution is 2.53. The Labute approximate surface area is 428 Å². The Kier molecular flexibility index (Phi) is 16.7. The zero-order valence-corrected chi connectivity index (χ0v) is 43.0. The Bertz CT molecular complexity index is 3220. The van der Waals surface area contributed by atoms with Crippen molar-refractivity contribution in [2.24, 2.45) is 5.92 Å². The fourth-order valence-electron chi connectivity index (χ4n) is 9.50. The maximum atomic E-state index is 14.1. The van der Waals surface area contributed by atoms with Crippen molar-refractivity contribution in [2.75, 3.05) is 84.1 Å². The van der Waals surface area contributed by atoms with Crippen molar-refractivity contribution < 1.29 is 84.7 Å². The molecule has 0 aromatic carbocycles. The highest BCUT2D eigenvalue weighted by Gasteiger charge is 2.53. The van der Waals surface area contributed by atoms with E-state index in [4.69, 9.17) is 63.3 Å². The summed E-state index contributed by atoms with van der Waals surface area (Å²) in [6.07, 6.45) is -5.72. The molecule has 5 aromatic heterocycles.